The summed E-state index contributed by atoms with van der Waals surface area (Å²) >= 11 is 0. The first kappa shape index (κ1) is 37.5. The molecule has 9 heteroatoms. The van der Waals surface area contributed by atoms with Crippen LogP contribution in [-0.4, -0.2) is 41.0 Å². The van der Waals surface area contributed by atoms with E-state index in [2.05, 4.69) is 42.7 Å². The molecule has 0 aromatic carbocycles. The predicted octanol–water partition coefficient (Wildman–Crippen LogP) is 8.11. The zero-order chi connectivity index (χ0) is 29.0. The summed E-state index contributed by atoms with van der Waals surface area (Å²) < 4.78 is 26.0. The van der Waals surface area contributed by atoms with Crippen LogP contribution in [0.15, 0.2) is 24.3 Å². The molecule has 0 aliphatic carbocycles. The number of phosphoric acid groups is 1. The van der Waals surface area contributed by atoms with Gasteiger partial charge in [0.1, 0.15) is 6.61 Å². The molecule has 0 aliphatic rings. The van der Waals surface area contributed by atoms with Gasteiger partial charge >= 0.3 is 19.8 Å². The van der Waals surface area contributed by atoms with Gasteiger partial charge in [-0.15, -0.1) is 0 Å². The summed E-state index contributed by atoms with van der Waals surface area (Å²) in [5.74, 6) is -0.911. The molecule has 0 amide bonds. The van der Waals surface area contributed by atoms with E-state index in [4.69, 9.17) is 19.3 Å². The van der Waals surface area contributed by atoms with E-state index >= 15 is 0 Å². The molecule has 0 spiro atoms. The minimum absolute atomic E-state index is 0.197. The SMILES string of the molecule is CCCC/C=C/C/C=C/CCCCCCCC(=O)O[C@H](COC(=O)CCCCCCCCC)COP(=O)(O)O. The molecule has 0 unspecified atom stereocenters. The van der Waals surface area contributed by atoms with Crippen molar-refractivity contribution in [3.8, 4) is 0 Å². The standard InChI is InChI=1S/C30H55O8P/c1-3-5-7-9-11-12-13-14-15-16-17-19-21-23-25-30(32)38-28(27-37-39(33,34)35)26-36-29(31)24-22-20-18-10-8-6-4-2/h9,11,13-14,28H,3-8,10,12,15-27H2,1-2H3,(H2,33,34,35)/b11-9+,14-13+/t28-/m1/s1. The Morgan fingerprint density at radius 2 is 1.18 bits per heavy atom. The van der Waals surface area contributed by atoms with Crippen molar-refractivity contribution in [2.45, 2.75) is 142 Å². The number of esters is 2. The second-order valence-electron chi connectivity index (χ2n) is 10.1. The monoisotopic (exact) mass is 574 g/mol. The van der Waals surface area contributed by atoms with Gasteiger partial charge in [-0.3, -0.25) is 14.1 Å². The number of hydrogen-bond donors (Lipinski definition) is 2. The summed E-state index contributed by atoms with van der Waals surface area (Å²) in [6, 6.07) is 0. The van der Waals surface area contributed by atoms with Crippen molar-refractivity contribution in [3.05, 3.63) is 24.3 Å². The molecule has 2 N–H and O–H groups in total. The van der Waals surface area contributed by atoms with E-state index < -0.39 is 32.5 Å². The highest BCUT2D eigenvalue weighted by molar-refractivity contribution is 7.46. The van der Waals surface area contributed by atoms with Crippen LogP contribution in [0.1, 0.15) is 136 Å². The maximum atomic E-state index is 12.2. The van der Waals surface area contributed by atoms with Crippen LogP contribution in [0, 0.1) is 0 Å². The Bertz CT molecular complexity index is 701. The molecule has 0 heterocycles. The molecule has 8 nitrogen and oxygen atoms in total. The summed E-state index contributed by atoms with van der Waals surface area (Å²) in [5, 5.41) is 0. The molecule has 0 radical (unpaired) electrons. The molecule has 0 aliphatic heterocycles. The molecule has 0 aromatic heterocycles. The topological polar surface area (TPSA) is 119 Å². The summed E-state index contributed by atoms with van der Waals surface area (Å²) in [7, 11) is -4.74. The Labute approximate surface area is 237 Å². The maximum absolute atomic E-state index is 12.2. The molecule has 0 fully saturated rings. The van der Waals surface area contributed by atoms with Crippen LogP contribution in [0.2, 0.25) is 0 Å². The van der Waals surface area contributed by atoms with Crippen molar-refractivity contribution in [2.75, 3.05) is 13.2 Å². The summed E-state index contributed by atoms with van der Waals surface area (Å²) in [4.78, 5) is 42.2. The summed E-state index contributed by atoms with van der Waals surface area (Å²) in [6.07, 6.45) is 26.3. The van der Waals surface area contributed by atoms with E-state index in [0.717, 1.165) is 70.6 Å². The van der Waals surface area contributed by atoms with Crippen LogP contribution < -0.4 is 0 Å². The van der Waals surface area contributed by atoms with E-state index in [-0.39, 0.29) is 19.4 Å². The number of hydrogen-bond acceptors (Lipinski definition) is 6. The normalized spacial score (nSPS) is 12.8. The van der Waals surface area contributed by atoms with Gasteiger partial charge in [0.25, 0.3) is 0 Å². The van der Waals surface area contributed by atoms with Crippen molar-refractivity contribution in [2.24, 2.45) is 0 Å². The van der Waals surface area contributed by atoms with Gasteiger partial charge in [-0.1, -0.05) is 109 Å². The lowest BCUT2D eigenvalue weighted by molar-refractivity contribution is -0.161. The third-order valence-electron chi connectivity index (χ3n) is 6.22. The van der Waals surface area contributed by atoms with Crippen molar-refractivity contribution in [1.29, 1.82) is 0 Å². The molecule has 39 heavy (non-hydrogen) atoms. The quantitative estimate of drug-likeness (QED) is 0.0437. The van der Waals surface area contributed by atoms with Gasteiger partial charge in [0.05, 0.1) is 6.61 Å². The van der Waals surface area contributed by atoms with Gasteiger partial charge in [-0.25, -0.2) is 4.57 Å². The zero-order valence-corrected chi connectivity index (χ0v) is 25.4. The van der Waals surface area contributed by atoms with Gasteiger partial charge < -0.3 is 19.3 Å². The van der Waals surface area contributed by atoms with Gasteiger partial charge in [0.2, 0.25) is 0 Å². The van der Waals surface area contributed by atoms with Gasteiger partial charge in [0.15, 0.2) is 6.10 Å². The fourth-order valence-electron chi connectivity index (χ4n) is 3.92. The molecule has 0 saturated heterocycles. The second kappa shape index (κ2) is 26.7. The van der Waals surface area contributed by atoms with E-state index in [1.165, 1.54) is 32.1 Å². The summed E-state index contributed by atoms with van der Waals surface area (Å²) in [6.45, 7) is 3.54. The number of unbranched alkanes of at least 4 members (excludes halogenated alkanes) is 13. The predicted molar refractivity (Wildman–Crippen MR) is 156 cm³/mol. The molecule has 1 atom stereocenters. The number of phosphoric ester groups is 1. The Morgan fingerprint density at radius 3 is 1.77 bits per heavy atom. The molecule has 228 valence electrons. The molecule has 0 saturated carbocycles. The fraction of sp³-hybridized carbons (Fsp3) is 0.800. The van der Waals surface area contributed by atoms with Crippen LogP contribution in [-0.2, 0) is 28.2 Å². The minimum Gasteiger partial charge on any atom is -0.462 e. The summed E-state index contributed by atoms with van der Waals surface area (Å²) in [5.41, 5.74) is 0. The van der Waals surface area contributed by atoms with Crippen LogP contribution in [0.3, 0.4) is 0 Å². The molecule has 0 rings (SSSR count). The number of ether oxygens (including phenoxy) is 2. The van der Waals surface area contributed by atoms with Crippen molar-refractivity contribution >= 4 is 19.8 Å². The Morgan fingerprint density at radius 1 is 0.667 bits per heavy atom. The smallest absolute Gasteiger partial charge is 0.462 e. The van der Waals surface area contributed by atoms with Crippen molar-refractivity contribution in [3.63, 3.8) is 0 Å². The Balaban J connectivity index is 4.07. The molecular formula is C30H55O8P. The largest absolute Gasteiger partial charge is 0.469 e. The Kier molecular flexibility index (Phi) is 25.7. The average Bonchev–Trinajstić information content (AvgIpc) is 2.89. The van der Waals surface area contributed by atoms with E-state index in [1.807, 2.05) is 0 Å². The highest BCUT2D eigenvalue weighted by Crippen LogP contribution is 2.35. The first-order chi connectivity index (χ1) is 18.8. The van der Waals surface area contributed by atoms with E-state index in [0.29, 0.717) is 6.42 Å². The average molecular weight is 575 g/mol. The van der Waals surface area contributed by atoms with Crippen LogP contribution in [0.4, 0.5) is 0 Å². The number of allylic oxidation sites excluding steroid dienone is 4. The maximum Gasteiger partial charge on any atom is 0.469 e. The molecular weight excluding hydrogens is 519 g/mol. The lowest BCUT2D eigenvalue weighted by Gasteiger charge is -2.18. The van der Waals surface area contributed by atoms with Crippen LogP contribution in [0.25, 0.3) is 0 Å². The molecule has 0 aromatic rings. The molecule has 0 bridgehead atoms. The van der Waals surface area contributed by atoms with Crippen LogP contribution in [0.5, 0.6) is 0 Å². The zero-order valence-electron chi connectivity index (χ0n) is 24.5. The van der Waals surface area contributed by atoms with Crippen LogP contribution >= 0.6 is 7.82 Å². The van der Waals surface area contributed by atoms with E-state index in [1.54, 1.807) is 0 Å². The second-order valence-corrected chi connectivity index (χ2v) is 11.3. The lowest BCUT2D eigenvalue weighted by atomic mass is 10.1. The highest BCUT2D eigenvalue weighted by atomic mass is 31.2. The van der Waals surface area contributed by atoms with Gasteiger partial charge in [0, 0.05) is 12.8 Å². The fourth-order valence-corrected chi connectivity index (χ4v) is 4.28. The third-order valence-corrected chi connectivity index (χ3v) is 6.71. The van der Waals surface area contributed by atoms with Gasteiger partial charge in [-0.05, 0) is 38.5 Å². The number of carbonyl (C=O) groups is 2. The van der Waals surface area contributed by atoms with Gasteiger partial charge in [-0.2, -0.15) is 0 Å². The third kappa shape index (κ3) is 29.3. The number of carbonyl (C=O) groups excluding carboxylic acids is 2. The van der Waals surface area contributed by atoms with E-state index in [9.17, 15) is 14.2 Å². The van der Waals surface area contributed by atoms with Crippen molar-refractivity contribution in [1.82, 2.24) is 0 Å². The highest BCUT2D eigenvalue weighted by Gasteiger charge is 2.22. The Hall–Kier alpha value is -1.47. The minimum atomic E-state index is -4.74. The number of rotatable bonds is 27. The van der Waals surface area contributed by atoms with Crippen molar-refractivity contribution < 1.29 is 37.9 Å². The lowest BCUT2D eigenvalue weighted by Crippen LogP contribution is -2.29. The first-order valence-corrected chi connectivity index (χ1v) is 16.7. The first-order valence-electron chi connectivity index (χ1n) is 15.1.